The Kier molecular flexibility index (Phi) is 4.99. The molecule has 2 aromatic carbocycles. The van der Waals surface area contributed by atoms with Crippen molar-refractivity contribution in [2.75, 3.05) is 12.4 Å². The first-order valence-corrected chi connectivity index (χ1v) is 6.53. The van der Waals surface area contributed by atoms with Gasteiger partial charge < -0.3 is 14.8 Å². The maximum atomic E-state index is 12.0. The summed E-state index contributed by atoms with van der Waals surface area (Å²) in [7, 11) is 1.57. The van der Waals surface area contributed by atoms with E-state index in [0.29, 0.717) is 17.1 Å². The zero-order chi connectivity index (χ0) is 15.1. The highest BCUT2D eigenvalue weighted by molar-refractivity contribution is 6.03. The molecule has 0 aliphatic carbocycles. The van der Waals surface area contributed by atoms with E-state index in [1.807, 2.05) is 42.5 Å². The van der Waals surface area contributed by atoms with Gasteiger partial charge in [-0.15, -0.1) is 0 Å². The van der Waals surface area contributed by atoms with Crippen LogP contribution in [0.1, 0.15) is 6.92 Å². The molecular formula is C17H17NO3. The van der Waals surface area contributed by atoms with Crippen molar-refractivity contribution in [1.82, 2.24) is 0 Å². The number of ether oxygens (including phenoxy) is 2. The number of nitrogens with one attached hydrogen (secondary N) is 1. The number of benzene rings is 2. The van der Waals surface area contributed by atoms with Gasteiger partial charge in [0.05, 0.1) is 13.4 Å². The van der Waals surface area contributed by atoms with Crippen molar-refractivity contribution in [3.05, 3.63) is 66.4 Å². The third-order valence-corrected chi connectivity index (χ3v) is 2.82. The molecule has 0 spiro atoms. The van der Waals surface area contributed by atoms with Crippen LogP contribution < -0.4 is 14.8 Å². The lowest BCUT2D eigenvalue weighted by molar-refractivity contribution is -0.112. The van der Waals surface area contributed by atoms with E-state index in [1.54, 1.807) is 26.2 Å². The Morgan fingerprint density at radius 3 is 2.29 bits per heavy atom. The fraction of sp³-hybridized carbons (Fsp3) is 0.118. The summed E-state index contributed by atoms with van der Waals surface area (Å²) in [6.07, 6.45) is 1.41. The molecule has 0 aromatic heterocycles. The molecule has 0 unspecified atom stereocenters. The lowest BCUT2D eigenvalue weighted by Crippen LogP contribution is -2.13. The lowest BCUT2D eigenvalue weighted by Gasteiger charge is -2.08. The number of carbonyl (C=O) groups is 1. The summed E-state index contributed by atoms with van der Waals surface area (Å²) >= 11 is 0. The highest BCUT2D eigenvalue weighted by atomic mass is 16.5. The zero-order valence-electron chi connectivity index (χ0n) is 12.0. The molecule has 0 fully saturated rings. The molecule has 0 aliphatic heterocycles. The molecule has 1 N–H and O–H groups in total. The average Bonchev–Trinajstić information content (AvgIpc) is 2.53. The van der Waals surface area contributed by atoms with Crippen LogP contribution in [0.25, 0.3) is 0 Å². The summed E-state index contributed by atoms with van der Waals surface area (Å²) in [5.74, 6) is 0.966. The number of hydrogen-bond acceptors (Lipinski definition) is 3. The fourth-order valence-corrected chi connectivity index (χ4v) is 1.67. The van der Waals surface area contributed by atoms with Crippen LogP contribution in [0.3, 0.4) is 0 Å². The van der Waals surface area contributed by atoms with Gasteiger partial charge >= 0.3 is 0 Å². The molecule has 0 saturated carbocycles. The smallest absolute Gasteiger partial charge is 0.254 e. The number of para-hydroxylation sites is 3. The average molecular weight is 283 g/mol. The van der Waals surface area contributed by atoms with E-state index in [0.717, 1.165) is 5.69 Å². The highest BCUT2D eigenvalue weighted by Crippen LogP contribution is 2.26. The minimum Gasteiger partial charge on any atom is -0.493 e. The van der Waals surface area contributed by atoms with Crippen LogP contribution in [0.2, 0.25) is 0 Å². The van der Waals surface area contributed by atoms with Crippen molar-refractivity contribution < 1.29 is 14.3 Å². The molecule has 0 radical (unpaired) electrons. The largest absolute Gasteiger partial charge is 0.493 e. The first-order valence-electron chi connectivity index (χ1n) is 6.53. The van der Waals surface area contributed by atoms with Gasteiger partial charge in [-0.2, -0.15) is 0 Å². The van der Waals surface area contributed by atoms with Gasteiger partial charge in [-0.3, -0.25) is 4.79 Å². The minimum absolute atomic E-state index is 0.212. The Bertz CT molecular complexity index is 635. The van der Waals surface area contributed by atoms with Crippen molar-refractivity contribution >= 4 is 11.6 Å². The minimum atomic E-state index is -0.212. The second-order valence-electron chi connectivity index (χ2n) is 4.39. The van der Waals surface area contributed by atoms with Gasteiger partial charge in [0.1, 0.15) is 0 Å². The molecule has 0 heterocycles. The van der Waals surface area contributed by atoms with Crippen molar-refractivity contribution in [3.63, 3.8) is 0 Å². The fourth-order valence-electron chi connectivity index (χ4n) is 1.67. The van der Waals surface area contributed by atoms with E-state index < -0.39 is 0 Å². The Hall–Kier alpha value is -2.75. The van der Waals surface area contributed by atoms with Gasteiger partial charge in [0, 0.05) is 11.3 Å². The normalized spacial score (nSPS) is 10.9. The Morgan fingerprint density at radius 2 is 1.62 bits per heavy atom. The number of methoxy groups -OCH3 is 1. The molecule has 4 nitrogen and oxygen atoms in total. The second kappa shape index (κ2) is 7.14. The zero-order valence-corrected chi connectivity index (χ0v) is 12.0. The van der Waals surface area contributed by atoms with Crippen molar-refractivity contribution in [3.8, 4) is 11.5 Å². The predicted molar refractivity (Wildman–Crippen MR) is 82.5 cm³/mol. The summed E-state index contributed by atoms with van der Waals surface area (Å²) in [6, 6.07) is 16.5. The number of rotatable bonds is 5. The lowest BCUT2D eigenvalue weighted by atomic mass is 10.2. The molecule has 0 aliphatic rings. The van der Waals surface area contributed by atoms with Crippen LogP contribution >= 0.6 is 0 Å². The Morgan fingerprint density at radius 1 is 1.00 bits per heavy atom. The molecule has 108 valence electrons. The first-order chi connectivity index (χ1) is 10.2. The first kappa shape index (κ1) is 14.7. The molecule has 4 heteroatoms. The van der Waals surface area contributed by atoms with Crippen LogP contribution in [0.15, 0.2) is 66.4 Å². The van der Waals surface area contributed by atoms with Gasteiger partial charge in [0.15, 0.2) is 11.5 Å². The highest BCUT2D eigenvalue weighted by Gasteiger charge is 2.06. The third-order valence-electron chi connectivity index (χ3n) is 2.82. The summed E-state index contributed by atoms with van der Waals surface area (Å²) in [5, 5.41) is 2.79. The monoisotopic (exact) mass is 283 g/mol. The van der Waals surface area contributed by atoms with E-state index in [-0.39, 0.29) is 5.91 Å². The van der Waals surface area contributed by atoms with Gasteiger partial charge in [-0.05, 0) is 31.2 Å². The number of anilines is 1. The standard InChI is InChI=1S/C17H17NO3/c1-13(17(19)18-14-8-4-3-5-9-14)12-21-16-11-7-6-10-15(16)20-2/h3-12H,1-2H3,(H,18,19). The quantitative estimate of drug-likeness (QED) is 0.673. The van der Waals surface area contributed by atoms with E-state index in [4.69, 9.17) is 9.47 Å². The maximum Gasteiger partial charge on any atom is 0.254 e. The van der Waals surface area contributed by atoms with Crippen LogP contribution in [0.4, 0.5) is 5.69 Å². The number of carbonyl (C=O) groups excluding carboxylic acids is 1. The molecule has 2 aromatic rings. The molecule has 0 atom stereocenters. The van der Waals surface area contributed by atoms with Gasteiger partial charge in [0.25, 0.3) is 5.91 Å². The van der Waals surface area contributed by atoms with Crippen LogP contribution in [0.5, 0.6) is 11.5 Å². The number of hydrogen-bond donors (Lipinski definition) is 1. The van der Waals surface area contributed by atoms with E-state index in [9.17, 15) is 4.79 Å². The predicted octanol–water partition coefficient (Wildman–Crippen LogP) is 3.62. The molecular weight excluding hydrogens is 266 g/mol. The van der Waals surface area contributed by atoms with E-state index >= 15 is 0 Å². The summed E-state index contributed by atoms with van der Waals surface area (Å²) in [4.78, 5) is 12.0. The maximum absolute atomic E-state index is 12.0. The van der Waals surface area contributed by atoms with E-state index in [1.165, 1.54) is 6.26 Å². The SMILES string of the molecule is COc1ccccc1OC=C(C)C(=O)Nc1ccccc1. The molecule has 1 amide bonds. The second-order valence-corrected chi connectivity index (χ2v) is 4.39. The molecule has 2 rings (SSSR count). The molecule has 21 heavy (non-hydrogen) atoms. The topological polar surface area (TPSA) is 47.6 Å². The van der Waals surface area contributed by atoms with Crippen LogP contribution in [0, 0.1) is 0 Å². The van der Waals surface area contributed by atoms with Gasteiger partial charge in [-0.25, -0.2) is 0 Å². The number of amides is 1. The van der Waals surface area contributed by atoms with Crippen LogP contribution in [-0.4, -0.2) is 13.0 Å². The van der Waals surface area contributed by atoms with Crippen molar-refractivity contribution in [1.29, 1.82) is 0 Å². The Labute approximate surface area is 124 Å². The third kappa shape index (κ3) is 4.11. The summed E-state index contributed by atoms with van der Waals surface area (Å²) in [6.45, 7) is 1.69. The van der Waals surface area contributed by atoms with Crippen molar-refractivity contribution in [2.24, 2.45) is 0 Å². The van der Waals surface area contributed by atoms with Gasteiger partial charge in [0.2, 0.25) is 0 Å². The van der Waals surface area contributed by atoms with Gasteiger partial charge in [-0.1, -0.05) is 30.3 Å². The molecule has 0 saturated heterocycles. The van der Waals surface area contributed by atoms with Crippen molar-refractivity contribution in [2.45, 2.75) is 6.92 Å². The van der Waals surface area contributed by atoms with E-state index in [2.05, 4.69) is 5.32 Å². The van der Waals surface area contributed by atoms with Crippen LogP contribution in [-0.2, 0) is 4.79 Å². The summed E-state index contributed by atoms with van der Waals surface area (Å²) < 4.78 is 10.7. The molecule has 0 bridgehead atoms. The summed E-state index contributed by atoms with van der Waals surface area (Å²) in [5.41, 5.74) is 1.21. The Balaban J connectivity index is 2.02.